The summed E-state index contributed by atoms with van der Waals surface area (Å²) in [6, 6.07) is 11.2. The first-order valence-electron chi connectivity index (χ1n) is 10.7. The Kier molecular flexibility index (Phi) is 5.89. The fourth-order valence-corrected chi connectivity index (χ4v) is 4.11. The summed E-state index contributed by atoms with van der Waals surface area (Å²) in [5.74, 6) is 0.611. The molecule has 166 valence electrons. The van der Waals surface area contributed by atoms with E-state index >= 15 is 0 Å². The Morgan fingerprint density at radius 1 is 0.969 bits per heavy atom. The van der Waals surface area contributed by atoms with Crippen LogP contribution in [0.25, 0.3) is 21.9 Å². The van der Waals surface area contributed by atoms with E-state index in [-0.39, 0.29) is 25.3 Å². The van der Waals surface area contributed by atoms with Crippen LogP contribution in [-0.2, 0) is 11.2 Å². The lowest BCUT2D eigenvalue weighted by atomic mass is 9.98. The fourth-order valence-electron chi connectivity index (χ4n) is 4.11. The standard InChI is InChI=1S/C26H27NO5/c1-14-17(4)31-24-16(3)25-21(12-20(14)24)15(2)19(26(30)32-25)10-11-23(29)27-13-22(28)18-8-6-5-7-9-18/h5-9,12,22,28H,10-11,13H2,1-4H3,(H,27,29)/t22-/m1/s1. The van der Waals surface area contributed by atoms with Gasteiger partial charge in [-0.15, -0.1) is 0 Å². The third kappa shape index (κ3) is 3.94. The number of aryl methyl sites for hydroxylation is 4. The van der Waals surface area contributed by atoms with Crippen LogP contribution >= 0.6 is 0 Å². The molecule has 0 bridgehead atoms. The molecule has 0 spiro atoms. The van der Waals surface area contributed by atoms with Gasteiger partial charge in [0.1, 0.15) is 16.9 Å². The van der Waals surface area contributed by atoms with E-state index in [1.54, 1.807) is 0 Å². The minimum Gasteiger partial charge on any atom is -0.461 e. The molecule has 4 rings (SSSR count). The first-order chi connectivity index (χ1) is 15.3. The number of amides is 1. The second-order valence-corrected chi connectivity index (χ2v) is 8.26. The predicted octanol–water partition coefficient (Wildman–Crippen LogP) is 4.56. The Bertz CT molecular complexity index is 1360. The molecule has 0 aliphatic carbocycles. The average Bonchev–Trinajstić information content (AvgIpc) is 3.07. The normalized spacial score (nSPS) is 12.4. The van der Waals surface area contributed by atoms with Crippen LogP contribution in [-0.4, -0.2) is 17.6 Å². The maximum Gasteiger partial charge on any atom is 0.339 e. The molecule has 0 aliphatic rings. The van der Waals surface area contributed by atoms with E-state index in [4.69, 9.17) is 8.83 Å². The van der Waals surface area contributed by atoms with E-state index in [2.05, 4.69) is 5.32 Å². The lowest BCUT2D eigenvalue weighted by Crippen LogP contribution is -2.29. The lowest BCUT2D eigenvalue weighted by Gasteiger charge is -2.13. The van der Waals surface area contributed by atoms with Gasteiger partial charge in [0.05, 0.1) is 6.10 Å². The van der Waals surface area contributed by atoms with E-state index in [0.29, 0.717) is 11.1 Å². The summed E-state index contributed by atoms with van der Waals surface area (Å²) >= 11 is 0. The second-order valence-electron chi connectivity index (χ2n) is 8.26. The third-order valence-electron chi connectivity index (χ3n) is 6.22. The van der Waals surface area contributed by atoms with Crippen molar-refractivity contribution in [3.05, 3.63) is 80.4 Å². The monoisotopic (exact) mass is 433 g/mol. The maximum absolute atomic E-state index is 12.7. The highest BCUT2D eigenvalue weighted by Crippen LogP contribution is 2.34. The van der Waals surface area contributed by atoms with Gasteiger partial charge in [-0.25, -0.2) is 4.79 Å². The number of aliphatic hydroxyl groups is 1. The molecule has 0 unspecified atom stereocenters. The molecule has 0 saturated carbocycles. The smallest absolute Gasteiger partial charge is 0.339 e. The molecule has 2 aromatic heterocycles. The van der Waals surface area contributed by atoms with Crippen molar-refractivity contribution in [1.82, 2.24) is 5.32 Å². The summed E-state index contributed by atoms with van der Waals surface area (Å²) in [7, 11) is 0. The summed E-state index contributed by atoms with van der Waals surface area (Å²) in [5, 5.41) is 14.8. The Balaban J connectivity index is 1.54. The molecule has 2 heterocycles. The van der Waals surface area contributed by atoms with Crippen LogP contribution in [0, 0.1) is 27.7 Å². The van der Waals surface area contributed by atoms with Gasteiger partial charge in [0.2, 0.25) is 5.91 Å². The maximum atomic E-state index is 12.7. The quantitative estimate of drug-likeness (QED) is 0.435. The largest absolute Gasteiger partial charge is 0.461 e. The molecule has 4 aromatic rings. The molecule has 2 aromatic carbocycles. The van der Waals surface area contributed by atoms with Crippen molar-refractivity contribution in [2.75, 3.05) is 6.54 Å². The average molecular weight is 434 g/mol. The Hall–Kier alpha value is -3.38. The molecule has 6 heteroatoms. The summed E-state index contributed by atoms with van der Waals surface area (Å²) in [5.41, 5.74) is 4.73. The van der Waals surface area contributed by atoms with Gasteiger partial charge in [0.25, 0.3) is 0 Å². The van der Waals surface area contributed by atoms with Crippen molar-refractivity contribution in [3.8, 4) is 0 Å². The number of carbonyl (C=O) groups excluding carboxylic acids is 1. The van der Waals surface area contributed by atoms with Crippen LogP contribution in [0.3, 0.4) is 0 Å². The molecule has 2 N–H and O–H groups in total. The first-order valence-corrected chi connectivity index (χ1v) is 10.7. The predicted molar refractivity (Wildman–Crippen MR) is 124 cm³/mol. The van der Waals surface area contributed by atoms with Crippen molar-refractivity contribution < 1.29 is 18.7 Å². The lowest BCUT2D eigenvalue weighted by molar-refractivity contribution is -0.121. The summed E-state index contributed by atoms with van der Waals surface area (Å²) < 4.78 is 11.5. The number of hydrogen-bond acceptors (Lipinski definition) is 5. The molecular formula is C26H27NO5. The first kappa shape index (κ1) is 21.8. The summed E-state index contributed by atoms with van der Waals surface area (Å²) in [6.45, 7) is 7.82. The molecule has 0 aliphatic heterocycles. The molecule has 0 radical (unpaired) electrons. The number of rotatable bonds is 6. The van der Waals surface area contributed by atoms with Crippen LogP contribution < -0.4 is 10.9 Å². The van der Waals surface area contributed by atoms with Gasteiger partial charge in [0.15, 0.2) is 0 Å². The molecular weight excluding hydrogens is 406 g/mol. The number of nitrogens with one attached hydrogen (secondary N) is 1. The van der Waals surface area contributed by atoms with Crippen molar-refractivity contribution >= 4 is 27.8 Å². The van der Waals surface area contributed by atoms with Gasteiger partial charge in [-0.1, -0.05) is 30.3 Å². The second kappa shape index (κ2) is 8.63. The Labute approximate surface area is 185 Å². The minimum atomic E-state index is -0.778. The molecule has 0 fully saturated rings. The van der Waals surface area contributed by atoms with E-state index in [1.807, 2.05) is 64.1 Å². The third-order valence-corrected chi connectivity index (χ3v) is 6.22. The van der Waals surface area contributed by atoms with E-state index in [0.717, 1.165) is 44.4 Å². The number of hydrogen-bond donors (Lipinski definition) is 2. The van der Waals surface area contributed by atoms with Gasteiger partial charge in [-0.3, -0.25) is 4.79 Å². The van der Waals surface area contributed by atoms with Crippen molar-refractivity contribution in [2.45, 2.75) is 46.6 Å². The number of benzene rings is 2. The van der Waals surface area contributed by atoms with E-state index in [1.165, 1.54) is 0 Å². The molecule has 6 nitrogen and oxygen atoms in total. The van der Waals surface area contributed by atoms with Crippen molar-refractivity contribution in [2.24, 2.45) is 0 Å². The van der Waals surface area contributed by atoms with Crippen LogP contribution in [0.4, 0.5) is 0 Å². The van der Waals surface area contributed by atoms with Crippen LogP contribution in [0.1, 0.15) is 46.1 Å². The molecule has 1 atom stereocenters. The van der Waals surface area contributed by atoms with Gasteiger partial charge in [0, 0.05) is 34.9 Å². The Morgan fingerprint density at radius 3 is 2.34 bits per heavy atom. The van der Waals surface area contributed by atoms with Gasteiger partial charge < -0.3 is 19.3 Å². The van der Waals surface area contributed by atoms with Gasteiger partial charge in [-0.2, -0.15) is 0 Å². The number of fused-ring (bicyclic) bond motifs is 2. The molecule has 32 heavy (non-hydrogen) atoms. The van der Waals surface area contributed by atoms with Gasteiger partial charge >= 0.3 is 5.63 Å². The minimum absolute atomic E-state index is 0.116. The number of furan rings is 1. The van der Waals surface area contributed by atoms with Crippen molar-refractivity contribution in [1.29, 1.82) is 0 Å². The highest BCUT2D eigenvalue weighted by molar-refractivity contribution is 6.00. The highest BCUT2D eigenvalue weighted by Gasteiger charge is 2.19. The van der Waals surface area contributed by atoms with Gasteiger partial charge in [-0.05, 0) is 56.9 Å². The number of aliphatic hydroxyl groups excluding tert-OH is 1. The van der Waals surface area contributed by atoms with Crippen LogP contribution in [0.5, 0.6) is 0 Å². The van der Waals surface area contributed by atoms with Crippen molar-refractivity contribution in [3.63, 3.8) is 0 Å². The van der Waals surface area contributed by atoms with E-state index < -0.39 is 11.7 Å². The van der Waals surface area contributed by atoms with Crippen LogP contribution in [0.15, 0.2) is 50.0 Å². The zero-order valence-electron chi connectivity index (χ0n) is 18.7. The van der Waals surface area contributed by atoms with E-state index in [9.17, 15) is 14.7 Å². The molecule has 1 amide bonds. The molecule has 0 saturated heterocycles. The fraction of sp³-hybridized carbons (Fsp3) is 0.308. The Morgan fingerprint density at radius 2 is 1.62 bits per heavy atom. The zero-order chi connectivity index (χ0) is 23.0. The SMILES string of the molecule is Cc1oc2c(C)c3oc(=O)c(CCC(=O)NC[C@@H](O)c4ccccc4)c(C)c3cc2c1C. The summed E-state index contributed by atoms with van der Waals surface area (Å²) in [6.07, 6.45) is -0.388. The van der Waals surface area contributed by atoms with Crippen LogP contribution in [0.2, 0.25) is 0 Å². The summed E-state index contributed by atoms with van der Waals surface area (Å²) in [4.78, 5) is 25.1. The zero-order valence-corrected chi connectivity index (χ0v) is 18.7. The number of carbonyl (C=O) groups is 1. The highest BCUT2D eigenvalue weighted by atomic mass is 16.4. The topological polar surface area (TPSA) is 92.7 Å².